The van der Waals surface area contributed by atoms with Gasteiger partial charge in [0.05, 0.1) is 6.42 Å². The summed E-state index contributed by atoms with van der Waals surface area (Å²) in [5, 5.41) is 14.4. The second-order valence-corrected chi connectivity index (χ2v) is 6.71. The van der Waals surface area contributed by atoms with Gasteiger partial charge in [0.15, 0.2) is 0 Å². The number of hydrogen-bond donors (Lipinski definition) is 3. The molecular weight excluding hydrogens is 344 g/mol. The van der Waals surface area contributed by atoms with Crippen LogP contribution in [-0.2, 0) is 33.6 Å². The number of carboxylic acid groups (broad SMARTS) is 1. The lowest BCUT2D eigenvalue weighted by Gasteiger charge is -2.08. The topological polar surface area (TPSA) is 95.5 Å². The van der Waals surface area contributed by atoms with Crippen molar-refractivity contribution >= 4 is 29.2 Å². The highest BCUT2D eigenvalue weighted by atomic mass is 16.4. The van der Waals surface area contributed by atoms with E-state index in [2.05, 4.69) is 10.6 Å². The van der Waals surface area contributed by atoms with Crippen LogP contribution in [0.3, 0.4) is 0 Å². The molecule has 2 aromatic rings. The van der Waals surface area contributed by atoms with Gasteiger partial charge in [-0.15, -0.1) is 0 Å². The van der Waals surface area contributed by atoms with Gasteiger partial charge < -0.3 is 15.7 Å². The van der Waals surface area contributed by atoms with E-state index in [1.807, 2.05) is 36.4 Å². The van der Waals surface area contributed by atoms with Crippen LogP contribution in [-0.4, -0.2) is 22.9 Å². The molecule has 0 bridgehead atoms. The number of anilines is 2. The Labute approximate surface area is 157 Å². The molecule has 6 heteroatoms. The molecular formula is C21H22N2O4. The molecule has 0 aromatic heterocycles. The maximum Gasteiger partial charge on any atom is 0.303 e. The molecule has 0 saturated carbocycles. The van der Waals surface area contributed by atoms with Crippen LogP contribution >= 0.6 is 0 Å². The van der Waals surface area contributed by atoms with Crippen LogP contribution in [0.4, 0.5) is 11.4 Å². The number of carboxylic acids is 1. The fraction of sp³-hybridized carbons (Fsp3) is 0.286. The molecule has 3 rings (SSSR count). The molecule has 0 atom stereocenters. The van der Waals surface area contributed by atoms with Gasteiger partial charge >= 0.3 is 5.97 Å². The Morgan fingerprint density at radius 3 is 2.67 bits per heavy atom. The van der Waals surface area contributed by atoms with E-state index in [1.54, 1.807) is 6.07 Å². The van der Waals surface area contributed by atoms with E-state index in [4.69, 9.17) is 5.11 Å². The van der Waals surface area contributed by atoms with Gasteiger partial charge in [-0.2, -0.15) is 0 Å². The first-order valence-corrected chi connectivity index (χ1v) is 9.02. The molecule has 0 radical (unpaired) electrons. The molecule has 0 spiro atoms. The minimum atomic E-state index is -0.837. The first kappa shape index (κ1) is 18.6. The van der Waals surface area contributed by atoms with Gasteiger partial charge in [0, 0.05) is 24.2 Å². The number of nitrogens with one attached hydrogen (secondary N) is 2. The number of aryl methyl sites for hydroxylation is 2. The van der Waals surface area contributed by atoms with Gasteiger partial charge in [0.1, 0.15) is 0 Å². The van der Waals surface area contributed by atoms with Crippen LogP contribution in [0.2, 0.25) is 0 Å². The normalized spacial score (nSPS) is 12.4. The number of carbonyl (C=O) groups is 3. The number of aliphatic carboxylic acids is 1. The largest absolute Gasteiger partial charge is 0.481 e. The fourth-order valence-corrected chi connectivity index (χ4v) is 3.17. The summed E-state index contributed by atoms with van der Waals surface area (Å²) >= 11 is 0. The van der Waals surface area contributed by atoms with Gasteiger partial charge in [0.25, 0.3) is 0 Å². The Balaban J connectivity index is 1.46. The Kier molecular flexibility index (Phi) is 5.86. The van der Waals surface area contributed by atoms with Gasteiger partial charge in [0.2, 0.25) is 11.8 Å². The Bertz CT molecular complexity index is 876. The number of benzene rings is 2. The highest BCUT2D eigenvalue weighted by molar-refractivity contribution is 5.99. The highest BCUT2D eigenvalue weighted by Crippen LogP contribution is 2.24. The maximum atomic E-state index is 12.2. The summed E-state index contributed by atoms with van der Waals surface area (Å²) in [6.07, 6.45) is 2.81. The molecule has 0 fully saturated rings. The minimum absolute atomic E-state index is 0.0205. The first-order valence-electron chi connectivity index (χ1n) is 9.02. The van der Waals surface area contributed by atoms with E-state index in [0.29, 0.717) is 31.4 Å². The predicted molar refractivity (Wildman–Crippen MR) is 103 cm³/mol. The molecule has 3 N–H and O–H groups in total. The van der Waals surface area contributed by atoms with E-state index in [9.17, 15) is 14.4 Å². The zero-order valence-corrected chi connectivity index (χ0v) is 15.0. The molecule has 2 amide bonds. The molecule has 0 aliphatic carbocycles. The number of carbonyl (C=O) groups excluding carboxylic acids is 2. The fourth-order valence-electron chi connectivity index (χ4n) is 3.17. The Morgan fingerprint density at radius 2 is 1.85 bits per heavy atom. The summed E-state index contributed by atoms with van der Waals surface area (Å²) in [6, 6.07) is 13.2. The van der Waals surface area contributed by atoms with Crippen LogP contribution in [0.1, 0.15) is 36.0 Å². The van der Waals surface area contributed by atoms with E-state index in [0.717, 1.165) is 28.8 Å². The first-order chi connectivity index (χ1) is 13.0. The Morgan fingerprint density at radius 1 is 1.04 bits per heavy atom. The second kappa shape index (κ2) is 8.49. The van der Waals surface area contributed by atoms with Crippen LogP contribution in [0.25, 0.3) is 0 Å². The van der Waals surface area contributed by atoms with Crippen molar-refractivity contribution in [3.8, 4) is 0 Å². The van der Waals surface area contributed by atoms with Crippen molar-refractivity contribution in [1.82, 2.24) is 0 Å². The SMILES string of the molecule is O=C(O)CCc1cccc(NC(=O)CCCc2ccc3c(c2)CC(=O)N3)c1. The second-order valence-electron chi connectivity index (χ2n) is 6.71. The van der Waals surface area contributed by atoms with E-state index in [1.165, 1.54) is 0 Å². The van der Waals surface area contributed by atoms with Crippen LogP contribution in [0.15, 0.2) is 42.5 Å². The van der Waals surface area contributed by atoms with Crippen LogP contribution < -0.4 is 10.6 Å². The Hall–Kier alpha value is -3.15. The lowest BCUT2D eigenvalue weighted by Crippen LogP contribution is -2.11. The zero-order chi connectivity index (χ0) is 19.2. The minimum Gasteiger partial charge on any atom is -0.481 e. The number of amides is 2. The molecule has 1 aliphatic rings. The number of hydrogen-bond acceptors (Lipinski definition) is 3. The average molecular weight is 366 g/mol. The molecule has 2 aromatic carbocycles. The predicted octanol–water partition coefficient (Wildman–Crippen LogP) is 3.16. The maximum absolute atomic E-state index is 12.2. The lowest BCUT2D eigenvalue weighted by atomic mass is 10.0. The highest BCUT2D eigenvalue weighted by Gasteiger charge is 2.17. The van der Waals surface area contributed by atoms with Crippen molar-refractivity contribution in [2.45, 2.75) is 38.5 Å². The molecule has 27 heavy (non-hydrogen) atoms. The third-order valence-corrected chi connectivity index (χ3v) is 4.50. The zero-order valence-electron chi connectivity index (χ0n) is 15.0. The summed E-state index contributed by atoms with van der Waals surface area (Å²) in [7, 11) is 0. The van der Waals surface area contributed by atoms with Gasteiger partial charge in [-0.25, -0.2) is 0 Å². The smallest absolute Gasteiger partial charge is 0.303 e. The van der Waals surface area contributed by atoms with Crippen molar-refractivity contribution in [1.29, 1.82) is 0 Å². The van der Waals surface area contributed by atoms with Crippen molar-refractivity contribution < 1.29 is 19.5 Å². The average Bonchev–Trinajstić information content (AvgIpc) is 2.99. The van der Waals surface area contributed by atoms with Crippen LogP contribution in [0, 0.1) is 0 Å². The van der Waals surface area contributed by atoms with Crippen molar-refractivity contribution in [2.75, 3.05) is 10.6 Å². The quantitative estimate of drug-likeness (QED) is 0.669. The molecule has 0 saturated heterocycles. The summed E-state index contributed by atoms with van der Waals surface area (Å²) in [5.74, 6) is -0.883. The van der Waals surface area contributed by atoms with Crippen molar-refractivity contribution in [2.24, 2.45) is 0 Å². The number of fused-ring (bicyclic) bond motifs is 1. The molecule has 140 valence electrons. The van der Waals surface area contributed by atoms with Crippen molar-refractivity contribution in [3.05, 3.63) is 59.2 Å². The molecule has 0 unspecified atom stereocenters. The molecule has 1 heterocycles. The van der Waals surface area contributed by atoms with E-state index >= 15 is 0 Å². The summed E-state index contributed by atoms with van der Waals surface area (Å²) in [6.45, 7) is 0. The third-order valence-electron chi connectivity index (χ3n) is 4.50. The van der Waals surface area contributed by atoms with Gasteiger partial charge in [-0.1, -0.05) is 24.3 Å². The molecule has 6 nitrogen and oxygen atoms in total. The summed E-state index contributed by atoms with van der Waals surface area (Å²) in [5.41, 5.74) is 4.58. The third kappa shape index (κ3) is 5.41. The van der Waals surface area contributed by atoms with Gasteiger partial charge in [-0.05, 0) is 54.2 Å². The summed E-state index contributed by atoms with van der Waals surface area (Å²) < 4.78 is 0. The van der Waals surface area contributed by atoms with E-state index in [-0.39, 0.29) is 18.2 Å². The number of rotatable bonds is 8. The van der Waals surface area contributed by atoms with Crippen molar-refractivity contribution in [3.63, 3.8) is 0 Å². The summed E-state index contributed by atoms with van der Waals surface area (Å²) in [4.78, 5) is 34.2. The standard InChI is InChI=1S/C21H22N2O4/c24-19(22-17-5-1-3-15(12-17)8-10-21(26)27)6-2-4-14-7-9-18-16(11-14)13-20(25)23-18/h1,3,5,7,9,11-12H,2,4,6,8,10,13H2,(H,22,24)(H,23,25)(H,26,27). The van der Waals surface area contributed by atoms with E-state index < -0.39 is 5.97 Å². The molecule has 1 aliphatic heterocycles. The van der Waals surface area contributed by atoms with Crippen LogP contribution in [0.5, 0.6) is 0 Å². The monoisotopic (exact) mass is 366 g/mol. The van der Waals surface area contributed by atoms with Gasteiger partial charge in [-0.3, -0.25) is 14.4 Å². The lowest BCUT2D eigenvalue weighted by molar-refractivity contribution is -0.137.